The summed E-state index contributed by atoms with van der Waals surface area (Å²) in [6.07, 6.45) is 5.56. The number of hydrogen-bond acceptors (Lipinski definition) is 4. The highest BCUT2D eigenvalue weighted by molar-refractivity contribution is 5.94. The van der Waals surface area contributed by atoms with E-state index in [2.05, 4.69) is 4.90 Å². The molecule has 0 aromatic heterocycles. The highest BCUT2D eigenvalue weighted by Gasteiger charge is 2.42. The van der Waals surface area contributed by atoms with Crippen molar-refractivity contribution in [2.24, 2.45) is 11.8 Å². The van der Waals surface area contributed by atoms with Crippen molar-refractivity contribution in [3.63, 3.8) is 0 Å². The summed E-state index contributed by atoms with van der Waals surface area (Å²) in [5, 5.41) is 10.7. The van der Waals surface area contributed by atoms with Gasteiger partial charge in [-0.1, -0.05) is 6.42 Å². The summed E-state index contributed by atoms with van der Waals surface area (Å²) in [4.78, 5) is 27.3. The van der Waals surface area contributed by atoms with Crippen LogP contribution in [0.15, 0.2) is 24.3 Å². The fraction of sp³-hybridized carbons (Fsp3) is 0.611. The molecule has 1 amide bonds. The van der Waals surface area contributed by atoms with Crippen molar-refractivity contribution < 1.29 is 9.72 Å². The zero-order chi connectivity index (χ0) is 16.7. The minimum absolute atomic E-state index is 0.0162. The largest absolute Gasteiger partial charge is 0.336 e. The first kappa shape index (κ1) is 15.6. The van der Waals surface area contributed by atoms with Gasteiger partial charge >= 0.3 is 0 Å². The van der Waals surface area contributed by atoms with Crippen molar-refractivity contribution in [1.29, 1.82) is 0 Å². The maximum atomic E-state index is 12.6. The lowest BCUT2D eigenvalue weighted by molar-refractivity contribution is -0.384. The van der Waals surface area contributed by atoms with Gasteiger partial charge in [-0.3, -0.25) is 19.8 Å². The maximum absolute atomic E-state index is 12.6. The zero-order valence-corrected chi connectivity index (χ0v) is 13.8. The first-order chi connectivity index (χ1) is 11.6. The first-order valence-electron chi connectivity index (χ1n) is 8.89. The number of benzene rings is 1. The molecular formula is C18H23N3O3. The molecule has 2 saturated carbocycles. The fourth-order valence-corrected chi connectivity index (χ4v) is 4.82. The molecule has 1 heterocycles. The third kappa shape index (κ3) is 2.79. The van der Waals surface area contributed by atoms with Gasteiger partial charge in [0.25, 0.3) is 11.6 Å². The normalized spacial score (nSPS) is 29.8. The molecule has 3 fully saturated rings. The van der Waals surface area contributed by atoms with E-state index in [0.717, 1.165) is 44.1 Å². The molecule has 24 heavy (non-hydrogen) atoms. The van der Waals surface area contributed by atoms with Crippen LogP contribution in [0.5, 0.6) is 0 Å². The molecule has 3 atom stereocenters. The quantitative estimate of drug-likeness (QED) is 0.631. The number of fused-ring (bicyclic) bond motifs is 2. The molecule has 6 heteroatoms. The number of carbonyl (C=O) groups is 1. The van der Waals surface area contributed by atoms with E-state index in [1.54, 1.807) is 12.1 Å². The molecule has 4 rings (SSSR count). The van der Waals surface area contributed by atoms with Crippen molar-refractivity contribution in [1.82, 2.24) is 9.80 Å². The zero-order valence-electron chi connectivity index (χ0n) is 13.8. The summed E-state index contributed by atoms with van der Waals surface area (Å²) in [5.74, 6) is 1.81. The monoisotopic (exact) mass is 329 g/mol. The molecule has 1 aromatic carbocycles. The lowest BCUT2D eigenvalue weighted by atomic mass is 9.93. The Labute approximate surface area is 141 Å². The second-order valence-electron chi connectivity index (χ2n) is 7.37. The van der Waals surface area contributed by atoms with Crippen molar-refractivity contribution in [3.05, 3.63) is 39.9 Å². The van der Waals surface area contributed by atoms with Gasteiger partial charge in [0, 0.05) is 49.9 Å². The van der Waals surface area contributed by atoms with Crippen molar-refractivity contribution in [2.75, 3.05) is 26.2 Å². The van der Waals surface area contributed by atoms with E-state index in [1.807, 2.05) is 4.90 Å². The highest BCUT2D eigenvalue weighted by atomic mass is 16.6. The minimum atomic E-state index is -0.442. The van der Waals surface area contributed by atoms with Crippen LogP contribution in [0.1, 0.15) is 36.0 Å². The minimum Gasteiger partial charge on any atom is -0.336 e. The molecule has 0 unspecified atom stereocenters. The number of nitrogens with zero attached hydrogens (tertiary/aromatic N) is 3. The van der Waals surface area contributed by atoms with Gasteiger partial charge in [-0.2, -0.15) is 0 Å². The number of hydrogen-bond donors (Lipinski definition) is 0. The van der Waals surface area contributed by atoms with Crippen LogP contribution in [0.2, 0.25) is 0 Å². The Bertz CT molecular complexity index is 637. The predicted molar refractivity (Wildman–Crippen MR) is 89.8 cm³/mol. The van der Waals surface area contributed by atoms with Crippen LogP contribution in [0.4, 0.5) is 5.69 Å². The summed E-state index contributed by atoms with van der Waals surface area (Å²) < 4.78 is 0. The lowest BCUT2D eigenvalue weighted by Crippen LogP contribution is -2.53. The van der Waals surface area contributed by atoms with Gasteiger partial charge in [-0.25, -0.2) is 0 Å². The van der Waals surface area contributed by atoms with Gasteiger partial charge in [-0.05, 0) is 43.2 Å². The van der Waals surface area contributed by atoms with Gasteiger partial charge in [0.2, 0.25) is 0 Å². The summed E-state index contributed by atoms with van der Waals surface area (Å²) >= 11 is 0. The van der Waals surface area contributed by atoms with Crippen molar-refractivity contribution in [3.8, 4) is 0 Å². The van der Waals surface area contributed by atoms with E-state index in [1.165, 1.54) is 37.8 Å². The Balaban J connectivity index is 1.35. The van der Waals surface area contributed by atoms with Crippen LogP contribution in [0.3, 0.4) is 0 Å². The number of non-ortho nitro benzene ring substituents is 1. The van der Waals surface area contributed by atoms with Gasteiger partial charge in [0.15, 0.2) is 0 Å². The Morgan fingerprint density at radius 1 is 1.04 bits per heavy atom. The molecule has 6 nitrogen and oxygen atoms in total. The van der Waals surface area contributed by atoms with E-state index in [-0.39, 0.29) is 11.6 Å². The number of nitro groups is 1. The van der Waals surface area contributed by atoms with Gasteiger partial charge in [0.1, 0.15) is 0 Å². The summed E-state index contributed by atoms with van der Waals surface area (Å²) in [5.41, 5.74) is 0.557. The second-order valence-corrected chi connectivity index (χ2v) is 7.37. The molecule has 1 aliphatic heterocycles. The average Bonchev–Trinajstić information content (AvgIpc) is 3.25. The Morgan fingerprint density at radius 2 is 1.75 bits per heavy atom. The Kier molecular flexibility index (Phi) is 4.00. The van der Waals surface area contributed by atoms with Crippen LogP contribution in [0, 0.1) is 22.0 Å². The molecule has 0 radical (unpaired) electrons. The van der Waals surface area contributed by atoms with Gasteiger partial charge in [0.05, 0.1) is 4.92 Å². The highest BCUT2D eigenvalue weighted by Crippen LogP contribution is 2.46. The maximum Gasteiger partial charge on any atom is 0.269 e. The van der Waals surface area contributed by atoms with Gasteiger partial charge < -0.3 is 4.90 Å². The summed E-state index contributed by atoms with van der Waals surface area (Å²) in [6, 6.07) is 6.66. The molecule has 1 saturated heterocycles. The number of carbonyl (C=O) groups excluding carboxylic acids is 1. The molecule has 3 aliphatic rings. The van der Waals surface area contributed by atoms with Crippen molar-refractivity contribution in [2.45, 2.75) is 31.7 Å². The fourth-order valence-electron chi connectivity index (χ4n) is 4.82. The third-order valence-corrected chi connectivity index (χ3v) is 6.10. The van der Waals surface area contributed by atoms with Crippen LogP contribution in [-0.2, 0) is 0 Å². The van der Waals surface area contributed by atoms with E-state index in [0.29, 0.717) is 5.56 Å². The second kappa shape index (κ2) is 6.16. The third-order valence-electron chi connectivity index (χ3n) is 6.10. The number of nitro benzene ring substituents is 1. The van der Waals surface area contributed by atoms with Crippen LogP contribution < -0.4 is 0 Å². The topological polar surface area (TPSA) is 66.7 Å². The smallest absolute Gasteiger partial charge is 0.269 e. The predicted octanol–water partition coefficient (Wildman–Crippen LogP) is 2.54. The van der Waals surface area contributed by atoms with E-state index in [9.17, 15) is 14.9 Å². The Hall–Kier alpha value is -1.95. The van der Waals surface area contributed by atoms with Crippen molar-refractivity contribution >= 4 is 11.6 Å². The van der Waals surface area contributed by atoms with Crippen LogP contribution in [0.25, 0.3) is 0 Å². The molecule has 2 bridgehead atoms. The SMILES string of the molecule is O=C(c1ccc([N+](=O)[O-])cc1)N1CCN([C@@H]2C[C@@H]3CC[C@@H]2C3)CC1. The number of rotatable bonds is 3. The number of amides is 1. The number of piperazine rings is 1. The van der Waals surface area contributed by atoms with Gasteiger partial charge in [-0.15, -0.1) is 0 Å². The van der Waals surface area contributed by atoms with Crippen LogP contribution in [-0.4, -0.2) is 52.9 Å². The first-order valence-corrected chi connectivity index (χ1v) is 8.89. The molecule has 0 spiro atoms. The summed E-state index contributed by atoms with van der Waals surface area (Å²) in [6.45, 7) is 3.41. The molecule has 128 valence electrons. The van der Waals surface area contributed by atoms with E-state index < -0.39 is 4.92 Å². The van der Waals surface area contributed by atoms with E-state index >= 15 is 0 Å². The standard InChI is InChI=1S/C18H23N3O3/c22-18(14-3-5-16(6-4-14)21(23)24)20-9-7-19(8-10-20)17-12-13-1-2-15(17)11-13/h3-6,13,15,17H,1-2,7-12H2/t13-,15-,17-/m1/s1. The average molecular weight is 329 g/mol. The molecule has 2 aliphatic carbocycles. The van der Waals surface area contributed by atoms with Crippen LogP contribution >= 0.6 is 0 Å². The van der Waals surface area contributed by atoms with E-state index in [4.69, 9.17) is 0 Å². The Morgan fingerprint density at radius 3 is 2.29 bits per heavy atom. The molecule has 0 N–H and O–H groups in total. The molecular weight excluding hydrogens is 306 g/mol. The molecule has 1 aromatic rings. The summed E-state index contributed by atoms with van der Waals surface area (Å²) in [7, 11) is 0. The lowest BCUT2D eigenvalue weighted by Gasteiger charge is -2.41.